The van der Waals surface area contributed by atoms with Gasteiger partial charge in [-0.2, -0.15) is 0 Å². The predicted octanol–water partition coefficient (Wildman–Crippen LogP) is 4.12. The van der Waals surface area contributed by atoms with Crippen LogP contribution in [-0.2, 0) is 5.88 Å². The lowest BCUT2D eigenvalue weighted by Crippen LogP contribution is -1.88. The number of rotatable bonds is 3. The first-order chi connectivity index (χ1) is 5.77. The third-order valence-electron chi connectivity index (χ3n) is 1.85. The molecular formula is C10H12Cl2. The summed E-state index contributed by atoms with van der Waals surface area (Å²) in [5, 5.41) is 0.134. The first-order valence-corrected chi connectivity index (χ1v) is 5.04. The molecule has 0 aromatic heterocycles. The average Bonchev–Trinajstić information content (AvgIpc) is 2.17. The van der Waals surface area contributed by atoms with Gasteiger partial charge in [0, 0.05) is 5.88 Å². The van der Waals surface area contributed by atoms with Crippen LogP contribution in [0.1, 0.15) is 29.8 Å². The second-order valence-corrected chi connectivity index (χ2v) is 3.55. The molecule has 2 heteroatoms. The van der Waals surface area contributed by atoms with Crippen molar-refractivity contribution in [2.75, 3.05) is 0 Å². The molecule has 1 rings (SSSR count). The van der Waals surface area contributed by atoms with E-state index in [1.807, 2.05) is 24.3 Å². The topological polar surface area (TPSA) is 0 Å². The maximum atomic E-state index is 6.05. The molecule has 0 N–H and O–H groups in total. The molecule has 0 saturated heterocycles. The molecule has 0 saturated carbocycles. The molecule has 0 aliphatic heterocycles. The van der Waals surface area contributed by atoms with Gasteiger partial charge >= 0.3 is 0 Å². The number of benzene rings is 1. The van der Waals surface area contributed by atoms with E-state index in [0.717, 1.165) is 12.0 Å². The van der Waals surface area contributed by atoms with Gasteiger partial charge in [0.15, 0.2) is 0 Å². The largest absolute Gasteiger partial charge is 0.122 e. The zero-order valence-electron chi connectivity index (χ0n) is 7.06. The molecule has 0 aliphatic rings. The molecule has 66 valence electrons. The maximum absolute atomic E-state index is 6.05. The SMILES string of the molecule is CCC(Cl)c1ccc(CCl)cc1. The molecule has 1 aromatic rings. The van der Waals surface area contributed by atoms with E-state index >= 15 is 0 Å². The van der Waals surface area contributed by atoms with Gasteiger partial charge in [0.25, 0.3) is 0 Å². The van der Waals surface area contributed by atoms with Gasteiger partial charge in [0.1, 0.15) is 0 Å². The van der Waals surface area contributed by atoms with Crippen molar-refractivity contribution in [3.8, 4) is 0 Å². The van der Waals surface area contributed by atoms with Crippen molar-refractivity contribution in [3.63, 3.8) is 0 Å². The molecular weight excluding hydrogens is 191 g/mol. The van der Waals surface area contributed by atoms with Gasteiger partial charge in [-0.15, -0.1) is 23.2 Å². The van der Waals surface area contributed by atoms with Gasteiger partial charge in [0.05, 0.1) is 5.38 Å². The molecule has 0 nitrogen and oxygen atoms in total. The van der Waals surface area contributed by atoms with Crippen molar-refractivity contribution >= 4 is 23.2 Å². The summed E-state index contributed by atoms with van der Waals surface area (Å²) >= 11 is 11.7. The molecule has 0 spiro atoms. The molecule has 0 radical (unpaired) electrons. The molecule has 12 heavy (non-hydrogen) atoms. The average molecular weight is 203 g/mol. The van der Waals surface area contributed by atoms with Crippen molar-refractivity contribution in [1.29, 1.82) is 0 Å². The Morgan fingerprint density at radius 1 is 1.25 bits per heavy atom. The van der Waals surface area contributed by atoms with Crippen molar-refractivity contribution in [3.05, 3.63) is 35.4 Å². The summed E-state index contributed by atoms with van der Waals surface area (Å²) in [6.45, 7) is 2.08. The van der Waals surface area contributed by atoms with Crippen LogP contribution in [0, 0.1) is 0 Å². The molecule has 0 amide bonds. The van der Waals surface area contributed by atoms with Crippen LogP contribution in [0.4, 0.5) is 0 Å². The van der Waals surface area contributed by atoms with Gasteiger partial charge in [-0.25, -0.2) is 0 Å². The molecule has 0 bridgehead atoms. The summed E-state index contributed by atoms with van der Waals surface area (Å²) < 4.78 is 0. The third-order valence-corrected chi connectivity index (χ3v) is 2.72. The van der Waals surface area contributed by atoms with E-state index in [1.165, 1.54) is 5.56 Å². The maximum Gasteiger partial charge on any atom is 0.0582 e. The summed E-state index contributed by atoms with van der Waals surface area (Å²) in [5.74, 6) is 0.569. The summed E-state index contributed by atoms with van der Waals surface area (Å²) in [7, 11) is 0. The Kier molecular flexibility index (Phi) is 3.90. The highest BCUT2D eigenvalue weighted by atomic mass is 35.5. The van der Waals surface area contributed by atoms with Crippen molar-refractivity contribution in [2.45, 2.75) is 24.6 Å². The lowest BCUT2D eigenvalue weighted by atomic mass is 10.1. The summed E-state index contributed by atoms with van der Waals surface area (Å²) in [6, 6.07) is 8.12. The number of hydrogen-bond acceptors (Lipinski definition) is 0. The van der Waals surface area contributed by atoms with E-state index in [9.17, 15) is 0 Å². The minimum absolute atomic E-state index is 0.134. The van der Waals surface area contributed by atoms with Crippen LogP contribution in [0.15, 0.2) is 24.3 Å². The van der Waals surface area contributed by atoms with Gasteiger partial charge in [0.2, 0.25) is 0 Å². The van der Waals surface area contributed by atoms with Gasteiger partial charge in [-0.3, -0.25) is 0 Å². The lowest BCUT2D eigenvalue weighted by molar-refractivity contribution is 0.883. The normalized spacial score (nSPS) is 12.9. The lowest BCUT2D eigenvalue weighted by Gasteiger charge is -2.06. The smallest absolute Gasteiger partial charge is 0.0582 e. The van der Waals surface area contributed by atoms with Crippen LogP contribution >= 0.6 is 23.2 Å². The van der Waals surface area contributed by atoms with Crippen LogP contribution in [0.2, 0.25) is 0 Å². The minimum Gasteiger partial charge on any atom is -0.122 e. The monoisotopic (exact) mass is 202 g/mol. The van der Waals surface area contributed by atoms with Crippen LogP contribution < -0.4 is 0 Å². The third kappa shape index (κ3) is 2.40. The number of hydrogen-bond donors (Lipinski definition) is 0. The first kappa shape index (κ1) is 9.88. The fourth-order valence-electron chi connectivity index (χ4n) is 1.05. The van der Waals surface area contributed by atoms with E-state index < -0.39 is 0 Å². The molecule has 1 aromatic carbocycles. The molecule has 0 fully saturated rings. The van der Waals surface area contributed by atoms with Crippen LogP contribution in [-0.4, -0.2) is 0 Å². The predicted molar refractivity (Wildman–Crippen MR) is 54.9 cm³/mol. The second-order valence-electron chi connectivity index (χ2n) is 2.75. The highest BCUT2D eigenvalue weighted by molar-refractivity contribution is 6.20. The summed E-state index contributed by atoms with van der Waals surface area (Å²) in [6.07, 6.45) is 0.960. The Hall–Kier alpha value is -0.200. The highest BCUT2D eigenvalue weighted by Crippen LogP contribution is 2.23. The second kappa shape index (κ2) is 4.74. The standard InChI is InChI=1S/C10H12Cl2/c1-2-10(12)9-5-3-8(7-11)4-6-9/h3-6,10H,2,7H2,1H3. The van der Waals surface area contributed by atoms with Gasteiger partial charge in [-0.05, 0) is 17.5 Å². The number of alkyl halides is 2. The van der Waals surface area contributed by atoms with Crippen molar-refractivity contribution in [2.24, 2.45) is 0 Å². The van der Waals surface area contributed by atoms with Crippen LogP contribution in [0.25, 0.3) is 0 Å². The van der Waals surface area contributed by atoms with Crippen molar-refractivity contribution < 1.29 is 0 Å². The molecule has 1 unspecified atom stereocenters. The Morgan fingerprint density at radius 3 is 2.25 bits per heavy atom. The Balaban J connectivity index is 2.77. The Bertz CT molecular complexity index is 228. The van der Waals surface area contributed by atoms with E-state index in [4.69, 9.17) is 23.2 Å². The van der Waals surface area contributed by atoms with Gasteiger partial charge in [-0.1, -0.05) is 31.2 Å². The Morgan fingerprint density at radius 2 is 1.83 bits per heavy atom. The fraction of sp³-hybridized carbons (Fsp3) is 0.400. The zero-order chi connectivity index (χ0) is 8.97. The molecule has 0 aliphatic carbocycles. The number of halogens is 2. The first-order valence-electron chi connectivity index (χ1n) is 4.06. The van der Waals surface area contributed by atoms with Crippen LogP contribution in [0.5, 0.6) is 0 Å². The summed E-state index contributed by atoms with van der Waals surface area (Å²) in [4.78, 5) is 0. The quantitative estimate of drug-likeness (QED) is 0.648. The van der Waals surface area contributed by atoms with Crippen LogP contribution in [0.3, 0.4) is 0 Å². The van der Waals surface area contributed by atoms with E-state index in [-0.39, 0.29) is 5.38 Å². The minimum atomic E-state index is 0.134. The van der Waals surface area contributed by atoms with Crippen molar-refractivity contribution in [1.82, 2.24) is 0 Å². The highest BCUT2D eigenvalue weighted by Gasteiger charge is 2.03. The van der Waals surface area contributed by atoms with E-state index in [0.29, 0.717) is 5.88 Å². The van der Waals surface area contributed by atoms with E-state index in [1.54, 1.807) is 0 Å². The summed E-state index contributed by atoms with van der Waals surface area (Å²) in [5.41, 5.74) is 2.31. The molecule has 1 atom stereocenters. The van der Waals surface area contributed by atoms with Gasteiger partial charge < -0.3 is 0 Å². The zero-order valence-corrected chi connectivity index (χ0v) is 8.57. The van der Waals surface area contributed by atoms with E-state index in [2.05, 4.69) is 6.92 Å². The molecule has 0 heterocycles. The Labute approximate surface area is 83.5 Å². The fourth-order valence-corrected chi connectivity index (χ4v) is 1.37.